The number of unbranched alkanes of at least 4 members (excludes halogenated alkanes) is 4. The molecular weight excluding hydrogens is 340 g/mol. The van der Waals surface area contributed by atoms with E-state index in [2.05, 4.69) is 6.92 Å². The molecule has 2 atom stereocenters. The molecular formula is C19H28O5S. The summed E-state index contributed by atoms with van der Waals surface area (Å²) < 4.78 is 32.0. The van der Waals surface area contributed by atoms with Crippen LogP contribution < -0.4 is 0 Å². The lowest BCUT2D eigenvalue weighted by Gasteiger charge is -2.30. The smallest absolute Gasteiger partial charge is 0.303 e. The fourth-order valence-corrected chi connectivity index (χ4v) is 4.29. The zero-order valence-electron chi connectivity index (χ0n) is 14.8. The molecule has 0 fully saturated rings. The van der Waals surface area contributed by atoms with Crippen molar-refractivity contribution in [3.05, 3.63) is 29.3 Å². The Morgan fingerprint density at radius 1 is 1.08 bits per heavy atom. The Labute approximate surface area is 150 Å². The highest BCUT2D eigenvalue weighted by Gasteiger charge is 2.26. The second kappa shape index (κ2) is 8.81. The molecule has 1 aromatic carbocycles. The van der Waals surface area contributed by atoms with Crippen LogP contribution in [0.5, 0.6) is 0 Å². The third-order valence-corrected chi connectivity index (χ3v) is 6.07. The monoisotopic (exact) mass is 368 g/mol. The summed E-state index contributed by atoms with van der Waals surface area (Å²) in [5.74, 6) is 0.0295. The Balaban J connectivity index is 1.90. The molecule has 0 radical (unpaired) electrons. The van der Waals surface area contributed by atoms with Gasteiger partial charge in [-0.2, -0.15) is 8.42 Å². The topological polar surface area (TPSA) is 91.7 Å². The first-order chi connectivity index (χ1) is 11.8. The highest BCUT2D eigenvalue weighted by molar-refractivity contribution is 7.85. The molecule has 2 N–H and O–H groups in total. The number of benzene rings is 1. The quantitative estimate of drug-likeness (QED) is 0.486. The average Bonchev–Trinajstić information content (AvgIpc) is 2.54. The van der Waals surface area contributed by atoms with Crippen LogP contribution in [0.25, 0.3) is 0 Å². The van der Waals surface area contributed by atoms with E-state index in [1.165, 1.54) is 11.6 Å². The van der Waals surface area contributed by atoms with Crippen molar-refractivity contribution in [2.75, 3.05) is 0 Å². The first kappa shape index (κ1) is 19.9. The number of aliphatic carboxylic acids is 1. The normalized spacial score (nSPS) is 20.2. The molecule has 0 bridgehead atoms. The van der Waals surface area contributed by atoms with Gasteiger partial charge in [0, 0.05) is 6.42 Å². The van der Waals surface area contributed by atoms with Crippen molar-refractivity contribution >= 4 is 16.1 Å². The van der Waals surface area contributed by atoms with Gasteiger partial charge in [-0.15, -0.1) is 0 Å². The Morgan fingerprint density at radius 2 is 1.76 bits per heavy atom. The summed E-state index contributed by atoms with van der Waals surface area (Å²) in [6, 6.07) is 5.00. The number of carbonyl (C=O) groups is 1. The van der Waals surface area contributed by atoms with Gasteiger partial charge in [0.2, 0.25) is 0 Å². The number of hydrogen-bond acceptors (Lipinski definition) is 3. The van der Waals surface area contributed by atoms with Gasteiger partial charge >= 0.3 is 5.97 Å². The van der Waals surface area contributed by atoms with E-state index in [4.69, 9.17) is 5.11 Å². The summed E-state index contributed by atoms with van der Waals surface area (Å²) in [4.78, 5) is 10.5. The minimum atomic E-state index is -4.15. The lowest BCUT2D eigenvalue weighted by atomic mass is 9.75. The first-order valence-electron chi connectivity index (χ1n) is 9.12. The summed E-state index contributed by atoms with van der Waals surface area (Å²) in [6.07, 6.45) is 8.44. The Hall–Kier alpha value is -1.40. The largest absolute Gasteiger partial charge is 0.481 e. The van der Waals surface area contributed by atoms with Gasteiger partial charge in [0.1, 0.15) is 0 Å². The maximum absolute atomic E-state index is 11.4. The van der Waals surface area contributed by atoms with Crippen LogP contribution in [-0.2, 0) is 14.9 Å². The number of carboxylic acid groups (broad SMARTS) is 1. The van der Waals surface area contributed by atoms with Gasteiger partial charge in [0.25, 0.3) is 10.1 Å². The van der Waals surface area contributed by atoms with E-state index in [1.54, 1.807) is 6.07 Å². The number of fused-ring (bicyclic) bond motifs is 1. The molecule has 0 aromatic heterocycles. The van der Waals surface area contributed by atoms with Gasteiger partial charge in [-0.05, 0) is 60.8 Å². The van der Waals surface area contributed by atoms with Gasteiger partial charge in [-0.25, -0.2) is 0 Å². The molecule has 0 saturated heterocycles. The molecule has 25 heavy (non-hydrogen) atoms. The van der Waals surface area contributed by atoms with E-state index < -0.39 is 16.1 Å². The average molecular weight is 368 g/mol. The fourth-order valence-electron chi connectivity index (χ4n) is 3.77. The zero-order valence-corrected chi connectivity index (χ0v) is 15.6. The van der Waals surface area contributed by atoms with Crippen molar-refractivity contribution in [1.82, 2.24) is 0 Å². The molecule has 6 heteroatoms. The highest BCUT2D eigenvalue weighted by Crippen LogP contribution is 2.41. The van der Waals surface area contributed by atoms with Crippen LogP contribution in [0.1, 0.15) is 87.7 Å². The summed E-state index contributed by atoms with van der Waals surface area (Å²) in [5.41, 5.74) is 2.27. The van der Waals surface area contributed by atoms with Crippen molar-refractivity contribution < 1.29 is 22.9 Å². The molecule has 1 aliphatic rings. The summed E-state index contributed by atoms with van der Waals surface area (Å²) in [7, 11) is -4.15. The summed E-state index contributed by atoms with van der Waals surface area (Å²) >= 11 is 0. The molecule has 0 spiro atoms. The van der Waals surface area contributed by atoms with Crippen molar-refractivity contribution in [2.24, 2.45) is 0 Å². The van der Waals surface area contributed by atoms with Gasteiger partial charge in [0.05, 0.1) is 4.90 Å². The van der Waals surface area contributed by atoms with Crippen LogP contribution in [0, 0.1) is 0 Å². The minimum Gasteiger partial charge on any atom is -0.481 e. The number of carboxylic acids is 1. The fraction of sp³-hybridized carbons (Fsp3) is 0.632. The zero-order chi connectivity index (χ0) is 18.4. The molecule has 1 aromatic rings. The molecule has 2 rings (SSSR count). The first-order valence-corrected chi connectivity index (χ1v) is 10.6. The minimum absolute atomic E-state index is 0.0165. The lowest BCUT2D eigenvalue weighted by molar-refractivity contribution is -0.137. The number of rotatable bonds is 9. The van der Waals surface area contributed by atoms with E-state index in [0.29, 0.717) is 11.8 Å². The van der Waals surface area contributed by atoms with Crippen LogP contribution >= 0.6 is 0 Å². The maximum Gasteiger partial charge on any atom is 0.303 e. The van der Waals surface area contributed by atoms with Crippen LogP contribution in [0.15, 0.2) is 23.1 Å². The predicted molar refractivity (Wildman–Crippen MR) is 96.6 cm³/mol. The van der Waals surface area contributed by atoms with Gasteiger partial charge in [0.15, 0.2) is 0 Å². The van der Waals surface area contributed by atoms with E-state index in [9.17, 15) is 17.8 Å². The summed E-state index contributed by atoms with van der Waals surface area (Å²) in [6.45, 7) is 2.10. The van der Waals surface area contributed by atoms with Gasteiger partial charge in [-0.1, -0.05) is 38.7 Å². The standard InChI is InChI=1S/C19H28O5S/c1-14-9-10-15(7-5-3-2-4-6-8-19(20)21)17-12-11-16(13-18(14)17)25(22,23)24/h11-15H,2-10H2,1H3,(H,20,21)(H,22,23,24). The maximum atomic E-state index is 11.4. The third kappa shape index (κ3) is 5.82. The predicted octanol–water partition coefficient (Wildman–Crippen LogP) is 4.73. The lowest BCUT2D eigenvalue weighted by Crippen LogP contribution is -2.14. The molecule has 0 heterocycles. The molecule has 2 unspecified atom stereocenters. The Bertz CT molecular complexity index is 696. The Kier molecular flexibility index (Phi) is 7.02. The van der Waals surface area contributed by atoms with Crippen molar-refractivity contribution in [3.8, 4) is 0 Å². The molecule has 5 nitrogen and oxygen atoms in total. The SMILES string of the molecule is CC1CCC(CCCCCCCC(=O)O)c2ccc(S(=O)(=O)O)cc21. The van der Waals surface area contributed by atoms with E-state index in [-0.39, 0.29) is 11.3 Å². The van der Waals surface area contributed by atoms with E-state index in [1.807, 2.05) is 6.07 Å². The van der Waals surface area contributed by atoms with E-state index in [0.717, 1.165) is 56.9 Å². The van der Waals surface area contributed by atoms with Crippen LogP contribution in [0.3, 0.4) is 0 Å². The molecule has 0 saturated carbocycles. The molecule has 140 valence electrons. The van der Waals surface area contributed by atoms with Crippen LogP contribution in [-0.4, -0.2) is 24.0 Å². The molecule has 1 aliphatic carbocycles. The molecule has 0 amide bonds. The van der Waals surface area contributed by atoms with Crippen LogP contribution in [0.2, 0.25) is 0 Å². The van der Waals surface area contributed by atoms with Gasteiger partial charge < -0.3 is 5.11 Å². The Morgan fingerprint density at radius 3 is 2.44 bits per heavy atom. The summed E-state index contributed by atoms with van der Waals surface area (Å²) in [5, 5.41) is 8.62. The van der Waals surface area contributed by atoms with Crippen molar-refractivity contribution in [2.45, 2.75) is 81.4 Å². The molecule has 0 aliphatic heterocycles. The second-order valence-corrected chi connectivity index (χ2v) is 8.56. The second-order valence-electron chi connectivity index (χ2n) is 7.14. The number of hydrogen-bond donors (Lipinski definition) is 2. The van der Waals surface area contributed by atoms with E-state index >= 15 is 0 Å². The highest BCUT2D eigenvalue weighted by atomic mass is 32.2. The van der Waals surface area contributed by atoms with Crippen LogP contribution in [0.4, 0.5) is 0 Å². The van der Waals surface area contributed by atoms with Crippen molar-refractivity contribution in [3.63, 3.8) is 0 Å². The third-order valence-electron chi connectivity index (χ3n) is 5.22. The van der Waals surface area contributed by atoms with Crippen molar-refractivity contribution in [1.29, 1.82) is 0 Å². The van der Waals surface area contributed by atoms with Gasteiger partial charge in [-0.3, -0.25) is 9.35 Å².